The number of fused-ring (bicyclic) bond motifs is 3. The molecule has 4 rings (SSSR count). The van der Waals surface area contributed by atoms with Crippen molar-refractivity contribution in [3.8, 4) is 5.75 Å². The van der Waals surface area contributed by atoms with E-state index in [1.165, 1.54) is 0 Å². The van der Waals surface area contributed by atoms with E-state index in [-0.39, 0.29) is 13.2 Å². The predicted molar refractivity (Wildman–Crippen MR) is 116 cm³/mol. The van der Waals surface area contributed by atoms with Crippen molar-refractivity contribution in [3.05, 3.63) is 65.7 Å². The van der Waals surface area contributed by atoms with Crippen LogP contribution in [0.15, 0.2) is 53.3 Å². The van der Waals surface area contributed by atoms with E-state index in [9.17, 15) is 9.59 Å². The van der Waals surface area contributed by atoms with Gasteiger partial charge in [-0.1, -0.05) is 24.3 Å². The van der Waals surface area contributed by atoms with Crippen LogP contribution in [0.3, 0.4) is 0 Å². The van der Waals surface area contributed by atoms with Crippen LogP contribution in [0.1, 0.15) is 28.5 Å². The van der Waals surface area contributed by atoms with Gasteiger partial charge in [0, 0.05) is 27.4 Å². The van der Waals surface area contributed by atoms with Gasteiger partial charge in [-0.2, -0.15) is 0 Å². The van der Waals surface area contributed by atoms with Crippen molar-refractivity contribution in [2.24, 2.45) is 5.84 Å². The lowest BCUT2D eigenvalue weighted by Crippen LogP contribution is -2.34. The van der Waals surface area contributed by atoms with Crippen LogP contribution in [-0.2, 0) is 16.1 Å². The average Bonchev–Trinajstić information content (AvgIpc) is 3.38. The largest absolute Gasteiger partial charge is 0.483 e. The van der Waals surface area contributed by atoms with Crippen LogP contribution in [0.2, 0.25) is 0 Å². The van der Waals surface area contributed by atoms with Crippen molar-refractivity contribution < 1.29 is 23.5 Å². The Bertz CT molecular complexity index is 1260. The highest BCUT2D eigenvalue weighted by atomic mass is 16.5. The molecule has 8 nitrogen and oxygen atoms in total. The summed E-state index contributed by atoms with van der Waals surface area (Å²) in [6, 6.07) is 11.4. The zero-order valence-corrected chi connectivity index (χ0v) is 17.3. The Morgan fingerprint density at radius 1 is 1.16 bits per heavy atom. The summed E-state index contributed by atoms with van der Waals surface area (Å²) in [5, 5.41) is 2.41. The maximum Gasteiger partial charge on any atom is 0.340 e. The van der Waals surface area contributed by atoms with Gasteiger partial charge in [-0.3, -0.25) is 10.2 Å². The molecule has 0 radical (unpaired) electrons. The second-order valence-electron chi connectivity index (χ2n) is 7.07. The van der Waals surface area contributed by atoms with E-state index in [2.05, 4.69) is 9.99 Å². The number of furan rings is 1. The van der Waals surface area contributed by atoms with Gasteiger partial charge in [0.05, 0.1) is 36.8 Å². The van der Waals surface area contributed by atoms with Crippen LogP contribution in [0.25, 0.3) is 21.7 Å². The molecule has 0 atom stereocenters. The first-order chi connectivity index (χ1) is 15.0. The first-order valence-corrected chi connectivity index (χ1v) is 9.90. The number of hydrogen-bond donors (Lipinski definition) is 2. The maximum atomic E-state index is 12.9. The van der Waals surface area contributed by atoms with Gasteiger partial charge in [0.2, 0.25) is 0 Å². The first-order valence-electron chi connectivity index (χ1n) is 9.90. The molecule has 0 saturated carbocycles. The molecule has 0 unspecified atom stereocenters. The Hall–Kier alpha value is -3.78. The molecule has 160 valence electrons. The lowest BCUT2D eigenvalue weighted by Gasteiger charge is -2.12. The lowest BCUT2D eigenvalue weighted by molar-refractivity contribution is -0.123. The van der Waals surface area contributed by atoms with Crippen molar-refractivity contribution in [3.63, 3.8) is 0 Å². The number of esters is 1. The maximum absolute atomic E-state index is 12.9. The van der Waals surface area contributed by atoms with Crippen molar-refractivity contribution in [1.29, 1.82) is 0 Å². The Morgan fingerprint density at radius 3 is 2.61 bits per heavy atom. The number of rotatable bonds is 7. The molecule has 3 N–H and O–H groups in total. The lowest BCUT2D eigenvalue weighted by atomic mass is 10.0. The molecule has 31 heavy (non-hydrogen) atoms. The molecule has 0 aliphatic heterocycles. The van der Waals surface area contributed by atoms with E-state index in [0.717, 1.165) is 27.5 Å². The first kappa shape index (κ1) is 20.5. The third-order valence-electron chi connectivity index (χ3n) is 5.20. The molecule has 2 heterocycles. The highest BCUT2D eigenvalue weighted by Gasteiger charge is 2.24. The number of carbonyl (C=O) groups is 2. The normalized spacial score (nSPS) is 11.1. The van der Waals surface area contributed by atoms with Gasteiger partial charge in [-0.05, 0) is 26.0 Å². The number of nitrogens with zero attached hydrogens (tertiary/aromatic N) is 1. The molecule has 0 spiro atoms. The highest BCUT2D eigenvalue weighted by Crippen LogP contribution is 2.38. The number of hydrogen-bond acceptors (Lipinski definition) is 6. The summed E-state index contributed by atoms with van der Waals surface area (Å²) >= 11 is 0. The number of carbonyl (C=O) groups excluding carboxylic acids is 2. The van der Waals surface area contributed by atoms with Crippen molar-refractivity contribution in [2.45, 2.75) is 20.4 Å². The van der Waals surface area contributed by atoms with Crippen LogP contribution in [-0.4, -0.2) is 29.7 Å². The van der Waals surface area contributed by atoms with Gasteiger partial charge < -0.3 is 18.5 Å². The smallest absolute Gasteiger partial charge is 0.340 e. The van der Waals surface area contributed by atoms with Crippen LogP contribution >= 0.6 is 0 Å². The van der Waals surface area contributed by atoms with Gasteiger partial charge in [-0.25, -0.2) is 10.6 Å². The number of aromatic nitrogens is 1. The van der Waals surface area contributed by atoms with E-state index in [1.54, 1.807) is 25.5 Å². The van der Waals surface area contributed by atoms with Gasteiger partial charge >= 0.3 is 5.97 Å². The average molecular weight is 421 g/mol. The minimum atomic E-state index is -0.455. The van der Waals surface area contributed by atoms with E-state index in [0.29, 0.717) is 23.2 Å². The fourth-order valence-corrected chi connectivity index (χ4v) is 3.83. The molecule has 0 aliphatic carbocycles. The quantitative estimate of drug-likeness (QED) is 0.205. The van der Waals surface area contributed by atoms with E-state index >= 15 is 0 Å². The summed E-state index contributed by atoms with van der Waals surface area (Å²) < 4.78 is 18.4. The van der Waals surface area contributed by atoms with Crippen molar-refractivity contribution in [2.75, 3.05) is 13.2 Å². The highest BCUT2D eigenvalue weighted by molar-refractivity contribution is 6.16. The molecule has 2 aromatic carbocycles. The summed E-state index contributed by atoms with van der Waals surface area (Å²) in [6.07, 6.45) is 3.30. The fraction of sp³-hybridized carbons (Fsp3) is 0.217. The monoisotopic (exact) mass is 421 g/mol. The molecule has 8 heteroatoms. The molecule has 1 amide bonds. The van der Waals surface area contributed by atoms with Crippen LogP contribution in [0.4, 0.5) is 0 Å². The van der Waals surface area contributed by atoms with E-state index in [4.69, 9.17) is 19.7 Å². The third-order valence-corrected chi connectivity index (χ3v) is 5.20. The molecular weight excluding hydrogens is 398 g/mol. The van der Waals surface area contributed by atoms with Gasteiger partial charge in [0.15, 0.2) is 6.61 Å². The van der Waals surface area contributed by atoms with Crippen molar-refractivity contribution in [1.82, 2.24) is 9.99 Å². The molecule has 0 aliphatic rings. The molecule has 4 aromatic rings. The summed E-state index contributed by atoms with van der Waals surface area (Å²) in [6.45, 7) is 4.21. The molecule has 0 saturated heterocycles. The summed E-state index contributed by atoms with van der Waals surface area (Å²) in [5.41, 5.74) is 5.15. The topological polar surface area (TPSA) is 109 Å². The van der Waals surface area contributed by atoms with Gasteiger partial charge in [0.1, 0.15) is 5.75 Å². The van der Waals surface area contributed by atoms with Crippen LogP contribution < -0.4 is 16.0 Å². The second kappa shape index (κ2) is 8.53. The third kappa shape index (κ3) is 3.73. The number of ether oxygens (including phenoxy) is 2. The molecule has 0 bridgehead atoms. The minimum absolute atomic E-state index is 0.241. The molecule has 0 fully saturated rings. The number of nitrogens with two attached hydrogens (primary N) is 1. The predicted octanol–water partition coefficient (Wildman–Crippen LogP) is 3.29. The Balaban J connectivity index is 2.00. The zero-order chi connectivity index (χ0) is 22.0. The molecular formula is C23H23N3O5. The summed E-state index contributed by atoms with van der Waals surface area (Å²) in [5.74, 6) is 4.80. The van der Waals surface area contributed by atoms with E-state index in [1.807, 2.05) is 37.3 Å². The number of amides is 1. The number of nitrogens with one attached hydrogen (secondary N) is 1. The minimum Gasteiger partial charge on any atom is -0.483 e. The van der Waals surface area contributed by atoms with Crippen LogP contribution in [0.5, 0.6) is 5.75 Å². The summed E-state index contributed by atoms with van der Waals surface area (Å²) in [7, 11) is 0. The Morgan fingerprint density at radius 2 is 1.94 bits per heavy atom. The number of benzene rings is 2. The Labute approximate surface area is 178 Å². The second-order valence-corrected chi connectivity index (χ2v) is 7.07. The Kier molecular flexibility index (Phi) is 5.64. The SMILES string of the molecule is CCOC(=O)c1c(C)n(Cc2ccoc2)c2c1cc(OCC(=O)NN)c1ccccc12. The van der Waals surface area contributed by atoms with Gasteiger partial charge in [0.25, 0.3) is 5.91 Å². The van der Waals surface area contributed by atoms with Gasteiger partial charge in [-0.15, -0.1) is 0 Å². The van der Waals surface area contributed by atoms with Crippen molar-refractivity contribution >= 4 is 33.6 Å². The molecule has 2 aromatic heterocycles. The summed E-state index contributed by atoms with van der Waals surface area (Å²) in [4.78, 5) is 24.5. The van der Waals surface area contributed by atoms with Crippen LogP contribution in [0, 0.1) is 6.92 Å². The van der Waals surface area contributed by atoms with E-state index < -0.39 is 11.9 Å². The zero-order valence-electron chi connectivity index (χ0n) is 17.3. The fourth-order valence-electron chi connectivity index (χ4n) is 3.83. The standard InChI is InChI=1S/C23H23N3O5/c1-3-30-23(28)21-14(2)26(11-15-8-9-29-12-15)22-17-7-5-4-6-16(17)19(10-18(21)22)31-13-20(27)25-24/h4-10,12H,3,11,13,24H2,1-2H3,(H,25,27). The number of hydrazine groups is 1.